The van der Waals surface area contributed by atoms with Crippen molar-refractivity contribution in [2.75, 3.05) is 0 Å². The van der Waals surface area contributed by atoms with Gasteiger partial charge in [0.15, 0.2) is 0 Å². The number of nitrogens with zero attached hydrogens (tertiary/aromatic N) is 1. The van der Waals surface area contributed by atoms with Crippen LogP contribution in [0.25, 0.3) is 0 Å². The second kappa shape index (κ2) is 3.86. The summed E-state index contributed by atoms with van der Waals surface area (Å²) in [6.45, 7) is 0. The van der Waals surface area contributed by atoms with Crippen LogP contribution in [0.5, 0.6) is 0 Å². The first-order valence-corrected chi connectivity index (χ1v) is 3.48. The molecule has 1 aromatic heterocycles. The van der Waals surface area contributed by atoms with Crippen LogP contribution >= 0.6 is 15.9 Å². The largest absolute Gasteiger partial charge is 0.416 e. The Morgan fingerprint density at radius 2 is 1.92 bits per heavy atom. The standard InChI is InChI=1S/C6H3BrF3N.H3N/c7-5-3-4(1-2-11-5)6(8,9)10;/h1-3H;1H3. The van der Waals surface area contributed by atoms with Gasteiger partial charge in [-0.15, -0.1) is 0 Å². The van der Waals surface area contributed by atoms with Gasteiger partial charge >= 0.3 is 6.18 Å². The van der Waals surface area contributed by atoms with Crippen molar-refractivity contribution in [2.24, 2.45) is 0 Å². The SMILES string of the molecule is FC(F)(F)c1ccnc(Br)c1.N. The Bertz CT molecular complexity index is 261. The van der Waals surface area contributed by atoms with E-state index in [-0.39, 0.29) is 10.8 Å². The highest BCUT2D eigenvalue weighted by Gasteiger charge is 2.30. The maximum absolute atomic E-state index is 11.9. The van der Waals surface area contributed by atoms with Crippen molar-refractivity contribution in [3.05, 3.63) is 28.5 Å². The van der Waals surface area contributed by atoms with Crippen molar-refractivity contribution < 1.29 is 13.2 Å². The predicted molar refractivity (Wildman–Crippen MR) is 42.0 cm³/mol. The van der Waals surface area contributed by atoms with Gasteiger partial charge < -0.3 is 6.15 Å². The zero-order chi connectivity index (χ0) is 8.48. The van der Waals surface area contributed by atoms with Crippen LogP contribution in [-0.2, 0) is 6.18 Å². The van der Waals surface area contributed by atoms with E-state index in [1.807, 2.05) is 0 Å². The van der Waals surface area contributed by atoms with Crippen LogP contribution in [0.4, 0.5) is 13.2 Å². The zero-order valence-electron chi connectivity index (χ0n) is 5.90. The van der Waals surface area contributed by atoms with Gasteiger partial charge in [-0.3, -0.25) is 0 Å². The van der Waals surface area contributed by atoms with Crippen LogP contribution < -0.4 is 6.15 Å². The van der Waals surface area contributed by atoms with Crippen molar-refractivity contribution in [3.63, 3.8) is 0 Å². The normalized spacial score (nSPS) is 10.7. The zero-order valence-corrected chi connectivity index (χ0v) is 7.48. The first-order valence-electron chi connectivity index (χ1n) is 2.69. The minimum Gasteiger partial charge on any atom is -0.344 e. The van der Waals surface area contributed by atoms with E-state index in [0.717, 1.165) is 18.3 Å². The molecule has 0 fully saturated rings. The maximum atomic E-state index is 11.9. The summed E-state index contributed by atoms with van der Waals surface area (Å²) >= 11 is 2.84. The molecule has 68 valence electrons. The third kappa shape index (κ3) is 2.78. The highest BCUT2D eigenvalue weighted by Crippen LogP contribution is 2.29. The van der Waals surface area contributed by atoms with Gasteiger partial charge in [-0.1, -0.05) is 0 Å². The molecule has 0 aliphatic carbocycles. The summed E-state index contributed by atoms with van der Waals surface area (Å²) in [6.07, 6.45) is -3.18. The molecule has 0 saturated heterocycles. The summed E-state index contributed by atoms with van der Waals surface area (Å²) in [5, 5.41) is 0. The lowest BCUT2D eigenvalue weighted by atomic mass is 10.3. The van der Waals surface area contributed by atoms with E-state index in [1.54, 1.807) is 0 Å². The molecule has 0 aliphatic heterocycles. The van der Waals surface area contributed by atoms with Crippen molar-refractivity contribution in [1.29, 1.82) is 0 Å². The molecule has 0 amide bonds. The smallest absolute Gasteiger partial charge is 0.344 e. The molecule has 12 heavy (non-hydrogen) atoms. The monoisotopic (exact) mass is 242 g/mol. The van der Waals surface area contributed by atoms with Gasteiger partial charge in [0.2, 0.25) is 0 Å². The van der Waals surface area contributed by atoms with E-state index in [0.29, 0.717) is 0 Å². The lowest BCUT2D eigenvalue weighted by molar-refractivity contribution is -0.137. The number of aromatic nitrogens is 1. The average molecular weight is 243 g/mol. The molecular weight excluding hydrogens is 237 g/mol. The van der Waals surface area contributed by atoms with Crippen LogP contribution in [-0.4, -0.2) is 4.98 Å². The molecule has 1 aromatic rings. The molecule has 0 spiro atoms. The van der Waals surface area contributed by atoms with Gasteiger partial charge in [0.1, 0.15) is 4.60 Å². The number of hydrogen-bond acceptors (Lipinski definition) is 2. The molecule has 6 heteroatoms. The fraction of sp³-hybridized carbons (Fsp3) is 0.167. The van der Waals surface area contributed by atoms with Crippen LogP contribution in [0.15, 0.2) is 22.9 Å². The Balaban J connectivity index is 0.00000121. The Kier molecular flexibility index (Phi) is 3.66. The van der Waals surface area contributed by atoms with E-state index in [2.05, 4.69) is 20.9 Å². The molecule has 0 aliphatic rings. The number of alkyl halides is 3. The van der Waals surface area contributed by atoms with E-state index in [4.69, 9.17) is 0 Å². The minimum atomic E-state index is -4.29. The molecule has 0 aromatic carbocycles. The first-order chi connectivity index (χ1) is 5.00. The van der Waals surface area contributed by atoms with Gasteiger partial charge in [0.25, 0.3) is 0 Å². The molecule has 3 N–H and O–H groups in total. The summed E-state index contributed by atoms with van der Waals surface area (Å²) in [7, 11) is 0. The van der Waals surface area contributed by atoms with Crippen LogP contribution in [0.3, 0.4) is 0 Å². The lowest BCUT2D eigenvalue weighted by Crippen LogP contribution is -2.04. The summed E-state index contributed by atoms with van der Waals surface area (Å²) in [5.41, 5.74) is -0.695. The topological polar surface area (TPSA) is 47.9 Å². The molecule has 0 saturated carbocycles. The quantitative estimate of drug-likeness (QED) is 0.712. The third-order valence-corrected chi connectivity index (χ3v) is 1.49. The van der Waals surface area contributed by atoms with Crippen molar-refractivity contribution in [1.82, 2.24) is 11.1 Å². The highest BCUT2D eigenvalue weighted by atomic mass is 79.9. The van der Waals surface area contributed by atoms with E-state index in [1.165, 1.54) is 0 Å². The van der Waals surface area contributed by atoms with Crippen LogP contribution in [0, 0.1) is 0 Å². The predicted octanol–water partition coefficient (Wildman–Crippen LogP) is 3.02. The van der Waals surface area contributed by atoms with E-state index in [9.17, 15) is 13.2 Å². The van der Waals surface area contributed by atoms with E-state index < -0.39 is 11.7 Å². The number of pyridine rings is 1. The second-order valence-electron chi connectivity index (χ2n) is 1.86. The Hall–Kier alpha value is -0.620. The van der Waals surface area contributed by atoms with Crippen molar-refractivity contribution in [3.8, 4) is 0 Å². The summed E-state index contributed by atoms with van der Waals surface area (Å²) in [5.74, 6) is 0. The fourth-order valence-corrected chi connectivity index (χ4v) is 0.944. The average Bonchev–Trinajstić information content (AvgIpc) is 1.86. The molecule has 0 radical (unpaired) electrons. The third-order valence-electron chi connectivity index (χ3n) is 1.05. The Morgan fingerprint density at radius 1 is 1.33 bits per heavy atom. The van der Waals surface area contributed by atoms with Crippen molar-refractivity contribution >= 4 is 15.9 Å². The van der Waals surface area contributed by atoms with Gasteiger partial charge in [0.05, 0.1) is 5.56 Å². The van der Waals surface area contributed by atoms with Crippen LogP contribution in [0.1, 0.15) is 5.56 Å². The number of rotatable bonds is 0. The minimum absolute atomic E-state index is 0. The summed E-state index contributed by atoms with van der Waals surface area (Å²) in [6, 6.07) is 1.85. The number of halogens is 4. The maximum Gasteiger partial charge on any atom is 0.416 e. The Labute approximate surface area is 75.5 Å². The summed E-state index contributed by atoms with van der Waals surface area (Å²) < 4.78 is 35.9. The highest BCUT2D eigenvalue weighted by molar-refractivity contribution is 9.10. The van der Waals surface area contributed by atoms with Gasteiger partial charge in [0, 0.05) is 6.20 Å². The lowest BCUT2D eigenvalue weighted by Gasteiger charge is -2.04. The molecule has 2 nitrogen and oxygen atoms in total. The van der Waals surface area contributed by atoms with Crippen LogP contribution in [0.2, 0.25) is 0 Å². The second-order valence-corrected chi connectivity index (χ2v) is 2.68. The van der Waals surface area contributed by atoms with Gasteiger partial charge in [-0.2, -0.15) is 13.2 Å². The number of hydrogen-bond donors (Lipinski definition) is 1. The Morgan fingerprint density at radius 3 is 2.25 bits per heavy atom. The molecule has 0 bridgehead atoms. The molecule has 0 atom stereocenters. The molecule has 0 unspecified atom stereocenters. The van der Waals surface area contributed by atoms with Gasteiger partial charge in [-0.25, -0.2) is 4.98 Å². The first kappa shape index (κ1) is 11.4. The summed E-state index contributed by atoms with van der Waals surface area (Å²) in [4.78, 5) is 3.57. The van der Waals surface area contributed by atoms with Gasteiger partial charge in [-0.05, 0) is 28.1 Å². The molecule has 1 rings (SSSR count). The van der Waals surface area contributed by atoms with E-state index >= 15 is 0 Å². The molecular formula is C6H6BrF3N2. The van der Waals surface area contributed by atoms with Crippen molar-refractivity contribution in [2.45, 2.75) is 6.18 Å². The molecule has 1 heterocycles. The fourth-order valence-electron chi connectivity index (χ4n) is 0.579.